The number of piperazine rings is 1. The second-order valence-corrected chi connectivity index (χ2v) is 11.4. The van der Waals surface area contributed by atoms with E-state index in [1.54, 1.807) is 9.80 Å². The summed E-state index contributed by atoms with van der Waals surface area (Å²) >= 11 is 0. The fraction of sp³-hybridized carbons (Fsp3) is 0.355. The first kappa shape index (κ1) is 30.7. The second kappa shape index (κ2) is 11.7. The maximum absolute atomic E-state index is 16.0. The summed E-state index contributed by atoms with van der Waals surface area (Å²) < 4.78 is 31.4. The molecule has 44 heavy (non-hydrogen) atoms. The van der Waals surface area contributed by atoms with Crippen LogP contribution < -0.4 is 15.7 Å². The Bertz CT molecular complexity index is 1730. The molecule has 5 rings (SSSR count). The molecule has 0 radical (unpaired) electrons. The molecule has 1 fully saturated rings. The van der Waals surface area contributed by atoms with Gasteiger partial charge < -0.3 is 9.80 Å². The maximum atomic E-state index is 16.0. The van der Waals surface area contributed by atoms with E-state index in [4.69, 9.17) is 0 Å². The number of rotatable bonds is 5. The minimum absolute atomic E-state index is 0.0424. The van der Waals surface area contributed by atoms with Crippen LogP contribution >= 0.6 is 0 Å². The van der Waals surface area contributed by atoms with Gasteiger partial charge in [-0.25, -0.2) is 33.2 Å². The molecule has 0 unspecified atom stereocenters. The highest BCUT2D eigenvalue weighted by Gasteiger charge is 2.38. The van der Waals surface area contributed by atoms with Gasteiger partial charge in [0, 0.05) is 25.7 Å². The largest absolute Gasteiger partial charge is 0.355 e. The molecule has 0 aromatic carbocycles. The third-order valence-corrected chi connectivity index (χ3v) is 7.77. The lowest BCUT2D eigenvalue weighted by molar-refractivity contribution is -0.126. The third-order valence-electron chi connectivity index (χ3n) is 7.77. The van der Waals surface area contributed by atoms with Crippen LogP contribution in [0.15, 0.2) is 64.9 Å². The normalized spacial score (nSPS) is 20.3. The second-order valence-electron chi connectivity index (χ2n) is 11.4. The molecule has 1 N–H and O–H groups in total. The van der Waals surface area contributed by atoms with Crippen molar-refractivity contribution in [2.75, 3.05) is 29.6 Å². The van der Waals surface area contributed by atoms with Gasteiger partial charge in [0.05, 0.1) is 28.2 Å². The number of carbonyl (C=O) groups excluding carboxylic acids is 2. The number of halogens is 2. The van der Waals surface area contributed by atoms with Crippen molar-refractivity contribution < 1.29 is 23.6 Å². The van der Waals surface area contributed by atoms with E-state index in [-0.39, 0.29) is 66.3 Å². The molecule has 2 aliphatic heterocycles. The van der Waals surface area contributed by atoms with Crippen LogP contribution in [-0.2, 0) is 9.59 Å². The molecule has 0 spiro atoms. The molecule has 1 saturated heterocycles. The molecular formula is C31H33F2N7O4. The molecule has 1 amide bonds. The summed E-state index contributed by atoms with van der Waals surface area (Å²) in [7, 11) is 0. The number of ketones is 1. The van der Waals surface area contributed by atoms with Crippen molar-refractivity contribution in [3.63, 3.8) is 0 Å². The van der Waals surface area contributed by atoms with Crippen molar-refractivity contribution in [3.8, 4) is 5.69 Å². The van der Waals surface area contributed by atoms with Crippen LogP contribution in [0.3, 0.4) is 0 Å². The Hall–Kier alpha value is -4.78. The van der Waals surface area contributed by atoms with Crippen molar-refractivity contribution in [2.45, 2.75) is 52.5 Å². The van der Waals surface area contributed by atoms with Gasteiger partial charge in [-0.3, -0.25) is 14.8 Å². The predicted molar refractivity (Wildman–Crippen MR) is 161 cm³/mol. The molecular weight excluding hydrogens is 572 g/mol. The Morgan fingerprint density at radius 1 is 1.07 bits per heavy atom. The summed E-state index contributed by atoms with van der Waals surface area (Å²) in [5, 5.41) is 12.2. The molecule has 11 nitrogen and oxygen atoms in total. The summed E-state index contributed by atoms with van der Waals surface area (Å²) in [5.41, 5.74) is -0.614. The van der Waals surface area contributed by atoms with Crippen molar-refractivity contribution >= 4 is 29.4 Å². The number of fused-ring (bicyclic) bond motifs is 1. The summed E-state index contributed by atoms with van der Waals surface area (Å²) in [4.78, 5) is 55.8. The molecule has 230 valence electrons. The molecule has 2 aromatic rings. The zero-order valence-corrected chi connectivity index (χ0v) is 25.1. The number of aromatic nitrogens is 4. The Morgan fingerprint density at radius 2 is 1.73 bits per heavy atom. The van der Waals surface area contributed by atoms with E-state index in [0.717, 1.165) is 28.9 Å². The van der Waals surface area contributed by atoms with Crippen LogP contribution in [0.2, 0.25) is 0 Å². The summed E-state index contributed by atoms with van der Waals surface area (Å²) in [6.45, 7) is 13.7. The van der Waals surface area contributed by atoms with Crippen molar-refractivity contribution in [1.29, 1.82) is 0 Å². The molecule has 0 saturated carbocycles. The van der Waals surface area contributed by atoms with E-state index in [9.17, 15) is 24.0 Å². The Morgan fingerprint density at radius 3 is 2.32 bits per heavy atom. The lowest BCUT2D eigenvalue weighted by Crippen LogP contribution is -2.54. The highest BCUT2D eigenvalue weighted by molar-refractivity contribution is 6.09. The minimum Gasteiger partial charge on any atom is -0.350 e. The molecule has 0 bridgehead atoms. The average Bonchev–Trinajstić information content (AvgIpc) is 2.98. The topological polar surface area (TPSA) is 125 Å². The number of allylic oxidation sites excluding steroid dienone is 6. The molecule has 1 aliphatic carbocycles. The van der Waals surface area contributed by atoms with E-state index in [0.29, 0.717) is 16.5 Å². The van der Waals surface area contributed by atoms with Crippen molar-refractivity contribution in [2.24, 2.45) is 0 Å². The molecule has 4 heterocycles. The zero-order valence-electron chi connectivity index (χ0n) is 25.1. The smallest absolute Gasteiger partial charge is 0.350 e. The number of carbonyl (C=O) groups is 2. The average molecular weight is 606 g/mol. The molecule has 2 aromatic heterocycles. The summed E-state index contributed by atoms with van der Waals surface area (Å²) in [6, 6.07) is -0.359. The Kier molecular flexibility index (Phi) is 8.17. The number of hydroxylamine groups is 1. The number of hydrogen-bond acceptors (Lipinski definition) is 9. The summed E-state index contributed by atoms with van der Waals surface area (Å²) in [6.07, 6.45) is 6.38. The monoisotopic (exact) mass is 605 g/mol. The van der Waals surface area contributed by atoms with E-state index >= 15 is 4.39 Å². The first-order valence-electron chi connectivity index (χ1n) is 14.3. The third kappa shape index (κ3) is 5.17. The van der Waals surface area contributed by atoms with E-state index < -0.39 is 34.4 Å². The number of anilines is 2. The van der Waals surface area contributed by atoms with Gasteiger partial charge in [0.15, 0.2) is 17.4 Å². The lowest BCUT2D eigenvalue weighted by Gasteiger charge is -2.41. The van der Waals surface area contributed by atoms with Gasteiger partial charge in [-0.05, 0) is 49.1 Å². The van der Waals surface area contributed by atoms with Gasteiger partial charge in [0.2, 0.25) is 5.91 Å². The fourth-order valence-corrected chi connectivity index (χ4v) is 5.68. The Labute approximate surface area is 252 Å². The zero-order chi connectivity index (χ0) is 32.0. The van der Waals surface area contributed by atoms with Crippen molar-refractivity contribution in [1.82, 2.24) is 24.4 Å². The summed E-state index contributed by atoms with van der Waals surface area (Å²) in [5.74, 6) is -3.38. The van der Waals surface area contributed by atoms with Gasteiger partial charge in [-0.15, -0.1) is 0 Å². The van der Waals surface area contributed by atoms with Crippen LogP contribution in [0.1, 0.15) is 63.4 Å². The first-order valence-corrected chi connectivity index (χ1v) is 14.3. The van der Waals surface area contributed by atoms with Crippen LogP contribution in [0.4, 0.5) is 20.4 Å². The highest BCUT2D eigenvalue weighted by Crippen LogP contribution is 2.43. The Balaban J connectivity index is 1.84. The van der Waals surface area contributed by atoms with Crippen LogP contribution in [0, 0.1) is 0 Å². The highest BCUT2D eigenvalue weighted by atomic mass is 19.1. The molecule has 3 aliphatic rings. The van der Waals surface area contributed by atoms with Crippen LogP contribution in [0.5, 0.6) is 0 Å². The standard InChI is InChI=1S/C31H33F2N7O4/c1-7-24(42)37-10-11-38(18(6)14-37)29-21-13-22(33)27(20-12-19(32)8-9-23(20)41)40(44)30(21)39(31(43)36-29)28-25(16(2)3)34-15-35-26(28)17(4)5/h7-9,12-13,15-18,44H,1,10-11,14H2,2-6H3/b27-20+/t18-/m0/s1. The molecule has 1 atom stereocenters. The van der Waals surface area contributed by atoms with Gasteiger partial charge in [-0.1, -0.05) is 34.3 Å². The van der Waals surface area contributed by atoms with Gasteiger partial charge >= 0.3 is 5.69 Å². The van der Waals surface area contributed by atoms with E-state index in [2.05, 4.69) is 21.5 Å². The van der Waals surface area contributed by atoms with Crippen LogP contribution in [-0.4, -0.2) is 67.0 Å². The minimum atomic E-state index is -1.04. The molecule has 13 heteroatoms. The fourth-order valence-electron chi connectivity index (χ4n) is 5.68. The van der Waals surface area contributed by atoms with E-state index in [1.165, 1.54) is 12.4 Å². The number of nitrogens with zero attached hydrogens (tertiary/aromatic N) is 7. The van der Waals surface area contributed by atoms with Gasteiger partial charge in [0.25, 0.3) is 0 Å². The van der Waals surface area contributed by atoms with Crippen LogP contribution in [0.25, 0.3) is 11.8 Å². The first-order chi connectivity index (χ1) is 20.8. The van der Waals surface area contributed by atoms with Crippen molar-refractivity contribution in [3.05, 3.63) is 87.6 Å². The predicted octanol–water partition coefficient (Wildman–Crippen LogP) is 4.26. The van der Waals surface area contributed by atoms with E-state index in [1.807, 2.05) is 34.6 Å². The lowest BCUT2D eigenvalue weighted by atomic mass is 9.98. The quantitative estimate of drug-likeness (QED) is 0.498. The number of hydrogen-bond donors (Lipinski definition) is 1. The SMILES string of the molecule is C=CC(=O)N1CCN(c2nc(=O)n(-c3c(C(C)C)ncnc3C(C)C)c3c2C=C(F)/C(=C2/C=C(F)C=CC2=O)N3O)[C@@H](C)C1. The maximum Gasteiger partial charge on any atom is 0.355 e. The van der Waals surface area contributed by atoms with Gasteiger partial charge in [-0.2, -0.15) is 4.98 Å². The number of amides is 1. The van der Waals surface area contributed by atoms with Gasteiger partial charge in [0.1, 0.15) is 23.7 Å².